The van der Waals surface area contributed by atoms with E-state index in [1.165, 1.54) is 0 Å². The maximum atomic E-state index is 5.64. The van der Waals surface area contributed by atoms with Gasteiger partial charge in [0.2, 0.25) is 0 Å². The molecule has 0 aliphatic rings. The Morgan fingerprint density at radius 3 is 2.29 bits per heavy atom. The van der Waals surface area contributed by atoms with Crippen molar-refractivity contribution >= 4 is 0 Å². The second-order valence-corrected chi connectivity index (χ2v) is 3.16. The molecule has 0 fully saturated rings. The van der Waals surface area contributed by atoms with Crippen LogP contribution in [0.4, 0.5) is 0 Å². The number of ether oxygens (including phenoxy) is 2. The maximum absolute atomic E-state index is 5.64. The highest BCUT2D eigenvalue weighted by Crippen LogP contribution is 2.17. The van der Waals surface area contributed by atoms with Crippen LogP contribution in [0.25, 0.3) is 0 Å². The summed E-state index contributed by atoms with van der Waals surface area (Å²) >= 11 is 0. The van der Waals surface area contributed by atoms with Crippen molar-refractivity contribution in [2.75, 3.05) is 20.7 Å². The summed E-state index contributed by atoms with van der Waals surface area (Å²) in [5, 5.41) is 3.06. The lowest BCUT2D eigenvalue weighted by atomic mass is 10.3. The summed E-state index contributed by atoms with van der Waals surface area (Å²) in [4.78, 5) is 0. The first-order valence-corrected chi connectivity index (χ1v) is 4.71. The Kier molecular flexibility index (Phi) is 4.26. The Hall–Kier alpha value is -1.22. The summed E-state index contributed by atoms with van der Waals surface area (Å²) in [6, 6.07) is 7.60. The first-order chi connectivity index (χ1) is 6.76. The van der Waals surface area contributed by atoms with E-state index in [0.717, 1.165) is 18.0 Å². The van der Waals surface area contributed by atoms with Gasteiger partial charge in [-0.15, -0.1) is 0 Å². The van der Waals surface area contributed by atoms with Gasteiger partial charge in [0.15, 0.2) is 0 Å². The van der Waals surface area contributed by atoms with Crippen LogP contribution in [0.5, 0.6) is 11.5 Å². The van der Waals surface area contributed by atoms with Crippen molar-refractivity contribution in [1.82, 2.24) is 5.32 Å². The van der Waals surface area contributed by atoms with E-state index < -0.39 is 0 Å². The van der Waals surface area contributed by atoms with Gasteiger partial charge in [0.1, 0.15) is 17.6 Å². The lowest BCUT2D eigenvalue weighted by Gasteiger charge is -2.14. The number of hydrogen-bond donors (Lipinski definition) is 1. The number of rotatable bonds is 5. The van der Waals surface area contributed by atoms with Crippen LogP contribution in [0.15, 0.2) is 24.3 Å². The van der Waals surface area contributed by atoms with E-state index in [9.17, 15) is 0 Å². The first-order valence-electron chi connectivity index (χ1n) is 4.71. The Bertz CT molecular complexity index is 258. The van der Waals surface area contributed by atoms with Crippen molar-refractivity contribution in [1.29, 1.82) is 0 Å². The van der Waals surface area contributed by atoms with Gasteiger partial charge in [0.25, 0.3) is 0 Å². The summed E-state index contributed by atoms with van der Waals surface area (Å²) in [6.07, 6.45) is 0.174. The second kappa shape index (κ2) is 5.50. The largest absolute Gasteiger partial charge is 0.497 e. The number of hydrogen-bond acceptors (Lipinski definition) is 3. The fraction of sp³-hybridized carbons (Fsp3) is 0.455. The standard InChI is InChI=1S/C11H17NO2/c1-9(8-12-2)14-11-6-4-10(13-3)5-7-11/h4-7,9,12H,8H2,1-3H3. The van der Waals surface area contributed by atoms with Gasteiger partial charge in [0.05, 0.1) is 7.11 Å². The highest BCUT2D eigenvalue weighted by atomic mass is 16.5. The van der Waals surface area contributed by atoms with Crippen LogP contribution in [-0.4, -0.2) is 26.8 Å². The van der Waals surface area contributed by atoms with Crippen LogP contribution >= 0.6 is 0 Å². The molecule has 1 aromatic carbocycles. The number of benzene rings is 1. The second-order valence-electron chi connectivity index (χ2n) is 3.16. The molecule has 0 aliphatic carbocycles. The summed E-state index contributed by atoms with van der Waals surface area (Å²) < 4.78 is 10.7. The van der Waals surface area contributed by atoms with Crippen LogP contribution in [0.3, 0.4) is 0 Å². The van der Waals surface area contributed by atoms with E-state index in [1.807, 2.05) is 38.2 Å². The fourth-order valence-electron chi connectivity index (χ4n) is 1.22. The van der Waals surface area contributed by atoms with Gasteiger partial charge in [-0.1, -0.05) is 0 Å². The van der Waals surface area contributed by atoms with Gasteiger partial charge in [-0.05, 0) is 38.2 Å². The minimum Gasteiger partial charge on any atom is -0.497 e. The third kappa shape index (κ3) is 3.26. The van der Waals surface area contributed by atoms with Crippen molar-refractivity contribution < 1.29 is 9.47 Å². The van der Waals surface area contributed by atoms with Crippen LogP contribution in [-0.2, 0) is 0 Å². The molecule has 0 aliphatic heterocycles. The minimum atomic E-state index is 0.174. The van der Waals surface area contributed by atoms with Gasteiger partial charge in [-0.2, -0.15) is 0 Å². The molecule has 1 N–H and O–H groups in total. The predicted molar refractivity (Wildman–Crippen MR) is 57.0 cm³/mol. The van der Waals surface area contributed by atoms with Crippen molar-refractivity contribution in [3.05, 3.63) is 24.3 Å². The molecule has 1 rings (SSSR count). The average Bonchev–Trinajstić information content (AvgIpc) is 2.19. The smallest absolute Gasteiger partial charge is 0.120 e. The fourth-order valence-corrected chi connectivity index (χ4v) is 1.22. The van der Waals surface area contributed by atoms with Gasteiger partial charge in [-0.25, -0.2) is 0 Å². The molecule has 0 heterocycles. The van der Waals surface area contributed by atoms with E-state index in [1.54, 1.807) is 7.11 Å². The van der Waals surface area contributed by atoms with Crippen molar-refractivity contribution in [3.8, 4) is 11.5 Å². The van der Waals surface area contributed by atoms with E-state index in [-0.39, 0.29) is 6.10 Å². The highest BCUT2D eigenvalue weighted by Gasteiger charge is 2.01. The Morgan fingerprint density at radius 1 is 1.21 bits per heavy atom. The summed E-state index contributed by atoms with van der Waals surface area (Å²) in [5.74, 6) is 1.71. The van der Waals surface area contributed by atoms with E-state index in [4.69, 9.17) is 9.47 Å². The molecule has 0 saturated heterocycles. The molecule has 0 saturated carbocycles. The third-order valence-corrected chi connectivity index (χ3v) is 1.89. The van der Waals surface area contributed by atoms with Gasteiger partial charge >= 0.3 is 0 Å². The lowest BCUT2D eigenvalue weighted by Crippen LogP contribution is -2.25. The zero-order chi connectivity index (χ0) is 10.4. The zero-order valence-corrected chi connectivity index (χ0v) is 8.91. The molecule has 1 atom stereocenters. The van der Waals surface area contributed by atoms with Gasteiger partial charge in [-0.3, -0.25) is 0 Å². The molecular formula is C11H17NO2. The average molecular weight is 195 g/mol. The lowest BCUT2D eigenvalue weighted by molar-refractivity contribution is 0.220. The minimum absolute atomic E-state index is 0.174. The molecule has 1 unspecified atom stereocenters. The Labute approximate surface area is 85.0 Å². The summed E-state index contributed by atoms with van der Waals surface area (Å²) in [5.41, 5.74) is 0. The van der Waals surface area contributed by atoms with Crippen LogP contribution in [0.2, 0.25) is 0 Å². The number of methoxy groups -OCH3 is 1. The Morgan fingerprint density at radius 2 is 1.79 bits per heavy atom. The SMILES string of the molecule is CNCC(C)Oc1ccc(OC)cc1. The summed E-state index contributed by atoms with van der Waals surface area (Å²) in [7, 11) is 3.56. The molecular weight excluding hydrogens is 178 g/mol. The molecule has 0 amide bonds. The maximum Gasteiger partial charge on any atom is 0.120 e. The van der Waals surface area contributed by atoms with Crippen molar-refractivity contribution in [2.24, 2.45) is 0 Å². The van der Waals surface area contributed by atoms with Crippen LogP contribution in [0, 0.1) is 0 Å². The Balaban J connectivity index is 2.50. The third-order valence-electron chi connectivity index (χ3n) is 1.89. The van der Waals surface area contributed by atoms with E-state index >= 15 is 0 Å². The van der Waals surface area contributed by atoms with Gasteiger partial charge in [0, 0.05) is 6.54 Å². The zero-order valence-electron chi connectivity index (χ0n) is 8.91. The molecule has 0 spiro atoms. The quantitative estimate of drug-likeness (QED) is 0.775. The number of nitrogens with one attached hydrogen (secondary N) is 1. The molecule has 0 bridgehead atoms. The normalized spacial score (nSPS) is 12.2. The van der Waals surface area contributed by atoms with E-state index in [0.29, 0.717) is 0 Å². The predicted octanol–water partition coefficient (Wildman–Crippen LogP) is 1.68. The monoisotopic (exact) mass is 195 g/mol. The van der Waals surface area contributed by atoms with Crippen molar-refractivity contribution in [2.45, 2.75) is 13.0 Å². The molecule has 0 aromatic heterocycles. The van der Waals surface area contributed by atoms with Crippen LogP contribution in [0.1, 0.15) is 6.92 Å². The first kappa shape index (κ1) is 10.9. The summed E-state index contributed by atoms with van der Waals surface area (Å²) in [6.45, 7) is 2.87. The molecule has 0 radical (unpaired) electrons. The topological polar surface area (TPSA) is 30.5 Å². The number of likely N-dealkylation sites (N-methyl/N-ethyl adjacent to an activating group) is 1. The van der Waals surface area contributed by atoms with E-state index in [2.05, 4.69) is 5.32 Å². The molecule has 3 nitrogen and oxygen atoms in total. The van der Waals surface area contributed by atoms with Crippen LogP contribution < -0.4 is 14.8 Å². The molecule has 1 aromatic rings. The highest BCUT2D eigenvalue weighted by molar-refractivity contribution is 5.31. The van der Waals surface area contributed by atoms with Crippen molar-refractivity contribution in [3.63, 3.8) is 0 Å². The molecule has 3 heteroatoms. The van der Waals surface area contributed by atoms with Gasteiger partial charge < -0.3 is 14.8 Å². The molecule has 78 valence electrons. The molecule has 14 heavy (non-hydrogen) atoms.